The van der Waals surface area contributed by atoms with E-state index >= 15 is 0 Å². The molecule has 0 aliphatic rings. The molecular weight excluding hydrogens is 468 g/mol. The number of thioether (sulfide) groups is 1. The van der Waals surface area contributed by atoms with Crippen molar-refractivity contribution in [2.75, 3.05) is 12.4 Å². The molecule has 0 saturated carbocycles. The van der Waals surface area contributed by atoms with Crippen molar-refractivity contribution in [1.82, 2.24) is 0 Å². The van der Waals surface area contributed by atoms with Crippen LogP contribution in [-0.2, 0) is 32.3 Å². The molecule has 1 atom stereocenters. The van der Waals surface area contributed by atoms with E-state index in [1.165, 1.54) is 24.3 Å². The van der Waals surface area contributed by atoms with Crippen molar-refractivity contribution in [1.29, 1.82) is 0 Å². The molecular formula is C17H16BrF3O4PS+. The molecule has 0 saturated heterocycles. The Morgan fingerprint density at radius 2 is 1.81 bits per heavy atom. The summed E-state index contributed by atoms with van der Waals surface area (Å²) in [4.78, 5) is 8.52. The van der Waals surface area contributed by atoms with Crippen LogP contribution in [0.4, 0.5) is 13.2 Å². The van der Waals surface area contributed by atoms with Gasteiger partial charge >= 0.3 is 14.4 Å². The first-order chi connectivity index (χ1) is 12.8. The summed E-state index contributed by atoms with van der Waals surface area (Å²) in [5.74, 6) is 1.21. The molecule has 146 valence electrons. The Morgan fingerprint density at radius 3 is 2.44 bits per heavy atom. The molecule has 4 nitrogen and oxygen atoms in total. The molecule has 1 N–H and O–H groups in total. The first kappa shape index (κ1) is 22.3. The standard InChI is InChI=1S/C17H15BrF3O4PS/c18-16-9-13(3-6-15(16)17(20,21)25-26(22)23)10-24-7-8-27-11-12-1-4-14(19)5-2-12/h1-6,9H,7-8,10-11H2/p+1. The van der Waals surface area contributed by atoms with Crippen LogP contribution in [0.3, 0.4) is 0 Å². The molecule has 0 heterocycles. The average molecular weight is 484 g/mol. The zero-order chi connectivity index (χ0) is 19.9. The van der Waals surface area contributed by atoms with E-state index in [0.717, 1.165) is 23.1 Å². The summed E-state index contributed by atoms with van der Waals surface area (Å²) >= 11 is 4.65. The normalized spacial score (nSPS) is 12.3. The van der Waals surface area contributed by atoms with E-state index in [-0.39, 0.29) is 16.9 Å². The van der Waals surface area contributed by atoms with Gasteiger partial charge in [-0.3, -0.25) is 0 Å². The molecule has 27 heavy (non-hydrogen) atoms. The van der Waals surface area contributed by atoms with Crippen molar-refractivity contribution >= 4 is 35.9 Å². The minimum Gasteiger partial charge on any atom is -0.376 e. The minimum atomic E-state index is -3.88. The van der Waals surface area contributed by atoms with Crippen LogP contribution in [0.25, 0.3) is 0 Å². The molecule has 0 aromatic heterocycles. The summed E-state index contributed by atoms with van der Waals surface area (Å²) in [5, 5.41) is 0. The smallest absolute Gasteiger partial charge is 0.376 e. The molecule has 0 spiro atoms. The van der Waals surface area contributed by atoms with E-state index in [9.17, 15) is 17.7 Å². The predicted octanol–water partition coefficient (Wildman–Crippen LogP) is 5.75. The Kier molecular flexibility index (Phi) is 8.72. The lowest BCUT2D eigenvalue weighted by Gasteiger charge is -2.12. The average Bonchev–Trinajstić information content (AvgIpc) is 2.58. The van der Waals surface area contributed by atoms with Crippen LogP contribution in [0.15, 0.2) is 46.9 Å². The van der Waals surface area contributed by atoms with E-state index in [2.05, 4.69) is 20.5 Å². The summed E-state index contributed by atoms with van der Waals surface area (Å²) in [5.41, 5.74) is 1.14. The maximum Gasteiger partial charge on any atom is 0.701 e. The lowest BCUT2D eigenvalue weighted by molar-refractivity contribution is -0.186. The molecule has 0 bridgehead atoms. The summed E-state index contributed by atoms with van der Waals surface area (Å²) in [7, 11) is -3.43. The second-order valence-corrected chi connectivity index (χ2v) is 8.01. The number of ether oxygens (including phenoxy) is 1. The van der Waals surface area contributed by atoms with Gasteiger partial charge in [0.15, 0.2) is 0 Å². The first-order valence-corrected chi connectivity index (χ1v) is 10.8. The molecule has 0 radical (unpaired) electrons. The van der Waals surface area contributed by atoms with Gasteiger partial charge in [0.2, 0.25) is 0 Å². The van der Waals surface area contributed by atoms with Crippen molar-refractivity contribution in [2.24, 2.45) is 0 Å². The second-order valence-electron chi connectivity index (χ2n) is 5.39. The van der Waals surface area contributed by atoms with E-state index in [0.29, 0.717) is 12.2 Å². The highest BCUT2D eigenvalue weighted by molar-refractivity contribution is 9.10. The minimum absolute atomic E-state index is 0.0520. The van der Waals surface area contributed by atoms with E-state index in [1.807, 2.05) is 0 Å². The molecule has 0 amide bonds. The number of hydrogen-bond donors (Lipinski definition) is 1. The van der Waals surface area contributed by atoms with Crippen molar-refractivity contribution in [3.8, 4) is 0 Å². The van der Waals surface area contributed by atoms with Gasteiger partial charge in [-0.15, -0.1) is 4.89 Å². The lowest BCUT2D eigenvalue weighted by atomic mass is 10.1. The highest BCUT2D eigenvalue weighted by Gasteiger charge is 2.44. The molecule has 0 fully saturated rings. The quantitative estimate of drug-likeness (QED) is 0.344. The van der Waals surface area contributed by atoms with E-state index in [4.69, 9.17) is 9.63 Å². The largest absolute Gasteiger partial charge is 0.701 e. The van der Waals surface area contributed by atoms with Gasteiger partial charge in [0.25, 0.3) is 0 Å². The zero-order valence-corrected chi connectivity index (χ0v) is 17.2. The zero-order valence-electron chi connectivity index (χ0n) is 13.9. The first-order valence-electron chi connectivity index (χ1n) is 7.70. The fourth-order valence-electron chi connectivity index (χ4n) is 2.11. The van der Waals surface area contributed by atoms with Gasteiger partial charge in [-0.2, -0.15) is 20.5 Å². The van der Waals surface area contributed by atoms with Gasteiger partial charge in [0.05, 0.1) is 18.8 Å². The van der Waals surface area contributed by atoms with Gasteiger partial charge in [-0.1, -0.05) is 34.1 Å². The van der Waals surface area contributed by atoms with Crippen molar-refractivity contribution in [3.05, 3.63) is 69.4 Å². The molecule has 1 unspecified atom stereocenters. The van der Waals surface area contributed by atoms with Crippen molar-refractivity contribution < 1.29 is 31.9 Å². The predicted molar refractivity (Wildman–Crippen MR) is 101 cm³/mol. The third-order valence-corrected chi connectivity index (χ3v) is 5.40. The van der Waals surface area contributed by atoms with Gasteiger partial charge in [-0.25, -0.2) is 4.39 Å². The number of rotatable bonds is 10. The van der Waals surface area contributed by atoms with E-state index in [1.54, 1.807) is 23.9 Å². The SMILES string of the molecule is O=[P+](O)OC(F)(F)c1ccc(COCCSCc2ccc(F)cc2)cc1Br. The second kappa shape index (κ2) is 10.5. The topological polar surface area (TPSA) is 55.8 Å². The van der Waals surface area contributed by atoms with Gasteiger partial charge in [-0.05, 0) is 39.9 Å². The van der Waals surface area contributed by atoms with Gasteiger partial charge in [0, 0.05) is 20.5 Å². The molecule has 0 aliphatic carbocycles. The third kappa shape index (κ3) is 7.52. The van der Waals surface area contributed by atoms with Gasteiger partial charge < -0.3 is 4.74 Å². The Balaban J connectivity index is 1.75. The highest BCUT2D eigenvalue weighted by atomic mass is 79.9. The van der Waals surface area contributed by atoms with Gasteiger partial charge in [0.1, 0.15) is 5.82 Å². The van der Waals surface area contributed by atoms with Crippen molar-refractivity contribution in [3.63, 3.8) is 0 Å². The molecule has 2 aromatic rings. The fourth-order valence-corrected chi connectivity index (χ4v) is 3.87. The Morgan fingerprint density at radius 1 is 1.15 bits per heavy atom. The lowest BCUT2D eigenvalue weighted by Crippen LogP contribution is -2.15. The molecule has 0 aliphatic heterocycles. The van der Waals surface area contributed by atoms with Crippen LogP contribution < -0.4 is 0 Å². The highest BCUT2D eigenvalue weighted by Crippen LogP contribution is 2.40. The summed E-state index contributed by atoms with van der Waals surface area (Å²) < 4.78 is 60.0. The van der Waals surface area contributed by atoms with Crippen LogP contribution in [0.5, 0.6) is 0 Å². The molecule has 10 heteroatoms. The Bertz CT molecular complexity index is 777. The maximum atomic E-state index is 13.7. The Labute approximate surface area is 168 Å². The monoisotopic (exact) mass is 483 g/mol. The van der Waals surface area contributed by atoms with Crippen LogP contribution >= 0.6 is 35.9 Å². The van der Waals surface area contributed by atoms with Crippen molar-refractivity contribution in [2.45, 2.75) is 18.5 Å². The van der Waals surface area contributed by atoms with Crippen LogP contribution in [0.2, 0.25) is 0 Å². The number of alkyl halides is 2. The Hall–Kier alpha value is -0.960. The number of benzene rings is 2. The third-order valence-electron chi connectivity index (χ3n) is 3.36. The fraction of sp³-hybridized carbons (Fsp3) is 0.294. The number of halogens is 4. The van der Waals surface area contributed by atoms with Crippen LogP contribution in [-0.4, -0.2) is 17.3 Å². The summed E-state index contributed by atoms with van der Waals surface area (Å²) in [6.45, 7) is 0.701. The summed E-state index contributed by atoms with van der Waals surface area (Å²) in [6, 6.07) is 10.3. The van der Waals surface area contributed by atoms with Crippen LogP contribution in [0, 0.1) is 5.82 Å². The van der Waals surface area contributed by atoms with E-state index < -0.39 is 19.9 Å². The summed E-state index contributed by atoms with van der Waals surface area (Å²) in [6.07, 6.45) is -3.88. The van der Waals surface area contributed by atoms with Crippen LogP contribution in [0.1, 0.15) is 16.7 Å². The molecule has 2 rings (SSSR count). The maximum absolute atomic E-state index is 13.7. The molecule has 2 aromatic carbocycles. The number of hydrogen-bond acceptors (Lipinski definition) is 4.